The molecule has 0 bridgehead atoms. The fourth-order valence-corrected chi connectivity index (χ4v) is 4.79. The van der Waals surface area contributed by atoms with Gasteiger partial charge in [-0.3, -0.25) is 9.59 Å². The van der Waals surface area contributed by atoms with Crippen LogP contribution < -0.4 is 10.3 Å². The standard InChI is InChI=1S/C27H21BrN4O3/c28-19-10-8-18(9-11-19)25(33)23-15-14-22-24(32(23)30-20-12-6-17(16-29)7-13-20)27(35)31(26(22)34)21-4-2-1-3-5-21/h1-15,22-25,30,33H. The molecule has 2 N–H and O–H groups in total. The zero-order chi connectivity index (χ0) is 24.5. The molecule has 0 aliphatic carbocycles. The molecular weight excluding hydrogens is 508 g/mol. The largest absolute Gasteiger partial charge is 0.386 e. The fraction of sp³-hybridized carbons (Fsp3) is 0.148. The molecule has 3 aromatic carbocycles. The minimum Gasteiger partial charge on any atom is -0.386 e. The highest BCUT2D eigenvalue weighted by molar-refractivity contribution is 9.10. The summed E-state index contributed by atoms with van der Waals surface area (Å²) in [6.45, 7) is 0. The van der Waals surface area contributed by atoms with Crippen LogP contribution in [0.25, 0.3) is 0 Å². The van der Waals surface area contributed by atoms with Crippen molar-refractivity contribution in [2.75, 3.05) is 10.3 Å². The fourth-order valence-electron chi connectivity index (χ4n) is 4.53. The summed E-state index contributed by atoms with van der Waals surface area (Å²) >= 11 is 3.41. The predicted octanol–water partition coefficient (Wildman–Crippen LogP) is 4.18. The molecular formula is C27H21BrN4O3. The number of hydrogen-bond acceptors (Lipinski definition) is 6. The lowest BCUT2D eigenvalue weighted by Gasteiger charge is -2.40. The highest BCUT2D eigenvalue weighted by Crippen LogP contribution is 2.38. The number of benzene rings is 3. The lowest BCUT2D eigenvalue weighted by atomic mass is 9.90. The Labute approximate surface area is 211 Å². The number of amides is 2. The highest BCUT2D eigenvalue weighted by atomic mass is 79.9. The zero-order valence-corrected chi connectivity index (χ0v) is 20.0. The number of halogens is 1. The second kappa shape index (κ2) is 9.47. The van der Waals surface area contributed by atoms with E-state index in [0.29, 0.717) is 22.5 Å². The number of aliphatic hydroxyl groups is 1. The van der Waals surface area contributed by atoms with Crippen molar-refractivity contribution in [1.82, 2.24) is 5.01 Å². The third-order valence-electron chi connectivity index (χ3n) is 6.28. The molecule has 1 fully saturated rings. The van der Waals surface area contributed by atoms with Gasteiger partial charge < -0.3 is 10.5 Å². The van der Waals surface area contributed by atoms with Crippen molar-refractivity contribution in [1.29, 1.82) is 5.26 Å². The number of anilines is 2. The number of nitrogens with zero attached hydrogens (tertiary/aromatic N) is 3. The van der Waals surface area contributed by atoms with E-state index < -0.39 is 24.1 Å². The van der Waals surface area contributed by atoms with E-state index in [-0.39, 0.29) is 11.8 Å². The van der Waals surface area contributed by atoms with Crippen LogP contribution in [0.3, 0.4) is 0 Å². The molecule has 4 unspecified atom stereocenters. The number of fused-ring (bicyclic) bond motifs is 1. The van der Waals surface area contributed by atoms with Crippen molar-refractivity contribution in [3.8, 4) is 6.07 Å². The van der Waals surface area contributed by atoms with Gasteiger partial charge in [-0.25, -0.2) is 9.91 Å². The molecule has 1 saturated heterocycles. The predicted molar refractivity (Wildman–Crippen MR) is 135 cm³/mol. The molecule has 7 nitrogen and oxygen atoms in total. The van der Waals surface area contributed by atoms with Gasteiger partial charge in [0.25, 0.3) is 5.91 Å². The van der Waals surface area contributed by atoms with Gasteiger partial charge in [-0.15, -0.1) is 0 Å². The average Bonchev–Trinajstić information content (AvgIpc) is 3.15. The Morgan fingerprint density at radius 3 is 2.26 bits per heavy atom. The normalized spacial score (nSPS) is 22.5. The van der Waals surface area contributed by atoms with Gasteiger partial charge in [0, 0.05) is 10.2 Å². The SMILES string of the molecule is N#Cc1ccc(NN2C(C(O)c3ccc(Br)cc3)C=CC3C(=O)N(c4ccccc4)C(=O)C32)cc1. The van der Waals surface area contributed by atoms with E-state index in [1.165, 1.54) is 4.90 Å². The number of carbonyl (C=O) groups excluding carboxylic acids is 2. The molecule has 0 saturated carbocycles. The maximum Gasteiger partial charge on any atom is 0.254 e. The van der Waals surface area contributed by atoms with Crippen LogP contribution in [0, 0.1) is 17.2 Å². The van der Waals surface area contributed by atoms with Crippen LogP contribution in [0.2, 0.25) is 0 Å². The van der Waals surface area contributed by atoms with Crippen LogP contribution in [0.15, 0.2) is 95.5 Å². The number of aliphatic hydroxyl groups excluding tert-OH is 1. The molecule has 0 radical (unpaired) electrons. The number of hydrogen-bond donors (Lipinski definition) is 2. The number of rotatable bonds is 5. The smallest absolute Gasteiger partial charge is 0.254 e. The number of nitriles is 1. The van der Waals surface area contributed by atoms with Crippen molar-refractivity contribution < 1.29 is 14.7 Å². The Bertz CT molecular complexity index is 1320. The molecule has 2 aliphatic heterocycles. The third kappa shape index (κ3) is 4.26. The molecule has 2 aliphatic rings. The minimum atomic E-state index is -0.972. The Hall–Kier alpha value is -3.77. The van der Waals surface area contributed by atoms with Gasteiger partial charge >= 0.3 is 0 Å². The molecule has 2 heterocycles. The summed E-state index contributed by atoms with van der Waals surface area (Å²) < 4.78 is 0.885. The molecule has 0 spiro atoms. The third-order valence-corrected chi connectivity index (χ3v) is 6.81. The highest BCUT2D eigenvalue weighted by Gasteiger charge is 2.54. The van der Waals surface area contributed by atoms with Gasteiger partial charge in [0.05, 0.1) is 35.4 Å². The van der Waals surface area contributed by atoms with E-state index in [0.717, 1.165) is 4.47 Å². The van der Waals surface area contributed by atoms with Crippen LogP contribution in [-0.2, 0) is 9.59 Å². The van der Waals surface area contributed by atoms with Gasteiger partial charge in [0.15, 0.2) is 0 Å². The first-order chi connectivity index (χ1) is 17.0. The van der Waals surface area contributed by atoms with Crippen LogP contribution in [0.4, 0.5) is 11.4 Å². The van der Waals surface area contributed by atoms with E-state index in [1.54, 1.807) is 65.7 Å². The molecule has 35 heavy (non-hydrogen) atoms. The topological polar surface area (TPSA) is 96.7 Å². The Morgan fingerprint density at radius 2 is 1.60 bits per heavy atom. The summed E-state index contributed by atoms with van der Waals surface area (Å²) in [5, 5.41) is 22.1. The first-order valence-electron chi connectivity index (χ1n) is 11.1. The Morgan fingerprint density at radius 1 is 0.914 bits per heavy atom. The van der Waals surface area contributed by atoms with Gasteiger partial charge in [-0.05, 0) is 54.1 Å². The van der Waals surface area contributed by atoms with Crippen molar-refractivity contribution in [2.24, 2.45) is 5.92 Å². The summed E-state index contributed by atoms with van der Waals surface area (Å²) in [4.78, 5) is 28.2. The van der Waals surface area contributed by atoms with Crippen molar-refractivity contribution in [3.05, 3.63) is 107 Å². The lowest BCUT2D eigenvalue weighted by Crippen LogP contribution is -2.55. The maximum absolute atomic E-state index is 13.7. The van der Waals surface area contributed by atoms with Crippen LogP contribution in [-0.4, -0.2) is 34.0 Å². The summed E-state index contributed by atoms with van der Waals surface area (Å²) in [6, 6.07) is 23.5. The van der Waals surface area contributed by atoms with E-state index in [4.69, 9.17) is 5.26 Å². The van der Waals surface area contributed by atoms with Crippen molar-refractivity contribution >= 4 is 39.1 Å². The molecule has 174 valence electrons. The number of carbonyl (C=O) groups is 2. The van der Waals surface area contributed by atoms with Crippen molar-refractivity contribution in [3.63, 3.8) is 0 Å². The minimum absolute atomic E-state index is 0.314. The maximum atomic E-state index is 13.7. The number of imide groups is 1. The van der Waals surface area contributed by atoms with Gasteiger partial charge in [0.1, 0.15) is 6.04 Å². The molecule has 0 aromatic heterocycles. The second-order valence-electron chi connectivity index (χ2n) is 8.40. The van der Waals surface area contributed by atoms with Crippen LogP contribution in [0.5, 0.6) is 0 Å². The summed E-state index contributed by atoms with van der Waals surface area (Å²) in [5.74, 6) is -1.39. The molecule has 3 aromatic rings. The lowest BCUT2D eigenvalue weighted by molar-refractivity contribution is -0.123. The van der Waals surface area contributed by atoms with E-state index >= 15 is 0 Å². The molecule has 4 atom stereocenters. The molecule has 2 amide bonds. The summed E-state index contributed by atoms with van der Waals surface area (Å²) in [6.07, 6.45) is 2.52. The summed E-state index contributed by atoms with van der Waals surface area (Å²) in [7, 11) is 0. The molecule has 8 heteroatoms. The average molecular weight is 529 g/mol. The van der Waals surface area contributed by atoms with E-state index in [1.807, 2.05) is 30.3 Å². The Balaban J connectivity index is 1.54. The number of hydrazine groups is 1. The quantitative estimate of drug-likeness (QED) is 0.381. The van der Waals surface area contributed by atoms with E-state index in [2.05, 4.69) is 27.4 Å². The van der Waals surface area contributed by atoms with Gasteiger partial charge in [-0.2, -0.15) is 5.26 Å². The number of nitrogens with one attached hydrogen (secondary N) is 1. The number of para-hydroxylation sites is 1. The molecule has 5 rings (SSSR count). The van der Waals surface area contributed by atoms with Crippen molar-refractivity contribution in [2.45, 2.75) is 18.2 Å². The first-order valence-corrected chi connectivity index (χ1v) is 11.9. The first kappa shape index (κ1) is 23.0. The zero-order valence-electron chi connectivity index (χ0n) is 18.5. The van der Waals surface area contributed by atoms with Crippen LogP contribution >= 0.6 is 15.9 Å². The van der Waals surface area contributed by atoms with Gasteiger partial charge in [-0.1, -0.05) is 58.4 Å². The monoisotopic (exact) mass is 528 g/mol. The summed E-state index contributed by atoms with van der Waals surface area (Å²) in [5.41, 5.74) is 5.55. The van der Waals surface area contributed by atoms with E-state index in [9.17, 15) is 14.7 Å². The Kier molecular flexibility index (Phi) is 6.22. The van der Waals surface area contributed by atoms with Gasteiger partial charge in [0.2, 0.25) is 5.91 Å². The van der Waals surface area contributed by atoms with Crippen LogP contribution in [0.1, 0.15) is 17.2 Å². The second-order valence-corrected chi connectivity index (χ2v) is 9.31.